The van der Waals surface area contributed by atoms with Gasteiger partial charge in [-0.3, -0.25) is 15.1 Å². The number of nitrogens with zero attached hydrogens (tertiary/aromatic N) is 1. The minimum atomic E-state index is -0.352. The number of pyridine rings is 1. The van der Waals surface area contributed by atoms with E-state index < -0.39 is 0 Å². The fraction of sp³-hybridized carbons (Fsp3) is 0.529. The Bertz CT molecular complexity index is 855. The number of anilines is 2. The zero-order valence-electron chi connectivity index (χ0n) is 14.6. The van der Waals surface area contributed by atoms with Crippen molar-refractivity contribution in [2.45, 2.75) is 45.3 Å². The third-order valence-electron chi connectivity index (χ3n) is 5.10. The van der Waals surface area contributed by atoms with Crippen molar-refractivity contribution >= 4 is 39.0 Å². The second kappa shape index (κ2) is 5.82. The van der Waals surface area contributed by atoms with Crippen molar-refractivity contribution in [2.24, 2.45) is 5.84 Å². The summed E-state index contributed by atoms with van der Waals surface area (Å²) in [6, 6.07) is 0. The van der Waals surface area contributed by atoms with Gasteiger partial charge < -0.3 is 10.5 Å². The first-order chi connectivity index (χ1) is 11.9. The van der Waals surface area contributed by atoms with Crippen LogP contribution >= 0.6 is 11.3 Å². The molecule has 0 aliphatic carbocycles. The molecule has 2 aromatic heterocycles. The number of aromatic amines is 1. The van der Waals surface area contributed by atoms with Gasteiger partial charge in [0.15, 0.2) is 4.83 Å². The molecule has 4 heterocycles. The van der Waals surface area contributed by atoms with E-state index in [4.69, 9.17) is 16.3 Å². The number of H-pyrrole nitrogens is 1. The number of hydrogen-bond donors (Lipinski definition) is 3. The molecule has 7 nitrogen and oxygen atoms in total. The van der Waals surface area contributed by atoms with E-state index >= 15 is 0 Å². The van der Waals surface area contributed by atoms with Crippen LogP contribution in [0.5, 0.6) is 0 Å². The first-order valence-electron chi connectivity index (χ1n) is 8.60. The van der Waals surface area contributed by atoms with Crippen LogP contribution in [0.15, 0.2) is 0 Å². The van der Waals surface area contributed by atoms with Crippen molar-refractivity contribution < 1.29 is 14.5 Å². The monoisotopic (exact) mass is 362 g/mol. The van der Waals surface area contributed by atoms with Crippen LogP contribution in [0.4, 0.5) is 11.5 Å². The number of carbonyl (C=O) groups is 1. The van der Waals surface area contributed by atoms with Gasteiger partial charge in [0.25, 0.3) is 11.7 Å². The fourth-order valence-corrected chi connectivity index (χ4v) is 4.90. The summed E-state index contributed by atoms with van der Waals surface area (Å²) in [6.07, 6.45) is 3.15. The van der Waals surface area contributed by atoms with Crippen LogP contribution in [0.1, 0.15) is 47.5 Å². The molecule has 0 saturated carbocycles. The van der Waals surface area contributed by atoms with Crippen LogP contribution in [-0.2, 0) is 17.8 Å². The minimum absolute atomic E-state index is 0.256. The highest BCUT2D eigenvalue weighted by molar-refractivity contribution is 7.20. The molecule has 0 aromatic carbocycles. The molecule has 1 amide bonds. The lowest BCUT2D eigenvalue weighted by Crippen LogP contribution is -2.36. The number of ether oxygens (including phenoxy) is 1. The fourth-order valence-electron chi connectivity index (χ4n) is 3.85. The van der Waals surface area contributed by atoms with E-state index in [1.807, 2.05) is 0 Å². The van der Waals surface area contributed by atoms with Gasteiger partial charge in [0.1, 0.15) is 4.88 Å². The summed E-state index contributed by atoms with van der Waals surface area (Å²) in [6.45, 7) is 6.80. The highest BCUT2D eigenvalue weighted by Crippen LogP contribution is 2.42. The van der Waals surface area contributed by atoms with Crippen LogP contribution in [-0.4, -0.2) is 24.6 Å². The molecule has 0 bridgehead atoms. The Morgan fingerprint density at radius 2 is 2.04 bits per heavy atom. The lowest BCUT2D eigenvalue weighted by molar-refractivity contribution is -0.328. The van der Waals surface area contributed by atoms with Crippen LogP contribution in [0.3, 0.4) is 0 Å². The van der Waals surface area contributed by atoms with Crippen LogP contribution in [0, 0.1) is 0 Å². The van der Waals surface area contributed by atoms with Crippen LogP contribution in [0.25, 0.3) is 10.2 Å². The second-order valence-corrected chi connectivity index (χ2v) is 8.39. The Morgan fingerprint density at radius 3 is 2.72 bits per heavy atom. The van der Waals surface area contributed by atoms with Crippen molar-refractivity contribution in [2.75, 3.05) is 23.7 Å². The number of fused-ring (bicyclic) bond motifs is 3. The number of nitrogens with one attached hydrogen (secondary N) is 2. The first-order valence-corrected chi connectivity index (χ1v) is 9.42. The Morgan fingerprint density at radius 1 is 1.32 bits per heavy atom. The summed E-state index contributed by atoms with van der Waals surface area (Å²) in [5.41, 5.74) is 11.1. The number of thiophene rings is 1. The number of rotatable bonds is 2. The third kappa shape index (κ3) is 2.65. The normalized spacial score (nSPS) is 19.2. The van der Waals surface area contributed by atoms with Gasteiger partial charge in [0.2, 0.25) is 0 Å². The average Bonchev–Trinajstić information content (AvgIpc) is 3.20. The van der Waals surface area contributed by atoms with Crippen molar-refractivity contribution in [1.29, 1.82) is 0 Å². The van der Waals surface area contributed by atoms with E-state index in [1.165, 1.54) is 29.7 Å². The molecule has 1 saturated heterocycles. The Hall–Kier alpha value is -1.90. The maximum atomic E-state index is 12.1. The van der Waals surface area contributed by atoms with Gasteiger partial charge in [0.05, 0.1) is 41.9 Å². The molecule has 4 rings (SSSR count). The highest BCUT2D eigenvalue weighted by atomic mass is 32.1. The molecule has 0 spiro atoms. The summed E-state index contributed by atoms with van der Waals surface area (Å²) in [5.74, 6) is 6.07. The van der Waals surface area contributed by atoms with Crippen molar-refractivity contribution in [3.05, 3.63) is 16.0 Å². The van der Waals surface area contributed by atoms with E-state index in [9.17, 15) is 4.79 Å². The molecule has 25 heavy (non-hydrogen) atoms. The number of nitrogen functional groups attached to an aromatic ring is 2. The summed E-state index contributed by atoms with van der Waals surface area (Å²) in [5, 5.41) is 0.943. The number of aromatic nitrogens is 1. The quantitative estimate of drug-likeness (QED) is 0.425. The second-order valence-electron chi connectivity index (χ2n) is 7.37. The molecule has 0 unspecified atom stereocenters. The largest absolute Gasteiger partial charge is 0.397 e. The van der Waals surface area contributed by atoms with Gasteiger partial charge in [-0.1, -0.05) is 11.3 Å². The minimum Gasteiger partial charge on any atom is -0.397 e. The maximum absolute atomic E-state index is 12.1. The van der Waals surface area contributed by atoms with Crippen molar-refractivity contribution in [1.82, 2.24) is 5.43 Å². The van der Waals surface area contributed by atoms with Gasteiger partial charge in [-0.05, 0) is 32.3 Å². The topological polar surface area (TPSA) is 108 Å². The van der Waals surface area contributed by atoms with Gasteiger partial charge in [0, 0.05) is 6.42 Å². The Balaban J connectivity index is 1.98. The van der Waals surface area contributed by atoms with E-state index in [2.05, 4.69) is 29.2 Å². The summed E-state index contributed by atoms with van der Waals surface area (Å²) in [7, 11) is 0. The van der Waals surface area contributed by atoms with Gasteiger partial charge >= 0.3 is 0 Å². The summed E-state index contributed by atoms with van der Waals surface area (Å²) in [4.78, 5) is 19.4. The maximum Gasteiger partial charge on any atom is 0.281 e. The lowest BCUT2D eigenvalue weighted by Gasteiger charge is -2.32. The van der Waals surface area contributed by atoms with E-state index in [1.54, 1.807) is 0 Å². The van der Waals surface area contributed by atoms with E-state index in [0.717, 1.165) is 41.1 Å². The zero-order valence-corrected chi connectivity index (χ0v) is 15.4. The molecular formula is C17H24N5O2S+. The van der Waals surface area contributed by atoms with E-state index in [0.29, 0.717) is 17.2 Å². The number of carbonyl (C=O) groups excluding carboxylic acids is 1. The average molecular weight is 362 g/mol. The standard InChI is InChI=1S/C17H23N5O2S/c1-17(2)7-9-10(8-24-17)14(22-5-3-4-6-22)20-16-11(9)12(18)13(25-16)15(23)21-19/h3-8,18-19H2,1-2H3,(H,21,23)/p+1. The SMILES string of the molecule is CC1(C)Cc2c(c(N3CCCC3)[nH+]c3sc(C(=O)NN)c(N)c23)CO1. The first kappa shape index (κ1) is 16.6. The zero-order chi connectivity index (χ0) is 17.8. The predicted molar refractivity (Wildman–Crippen MR) is 98.5 cm³/mol. The van der Waals surface area contributed by atoms with Gasteiger partial charge in [-0.25, -0.2) is 10.8 Å². The Kier molecular flexibility index (Phi) is 3.86. The molecular weight excluding hydrogens is 338 g/mol. The molecule has 2 aliphatic rings. The number of nitrogens with two attached hydrogens (primary N) is 2. The van der Waals surface area contributed by atoms with Crippen molar-refractivity contribution in [3.63, 3.8) is 0 Å². The molecule has 6 N–H and O–H groups in total. The van der Waals surface area contributed by atoms with Crippen molar-refractivity contribution in [3.8, 4) is 0 Å². The Labute approximate surface area is 150 Å². The predicted octanol–water partition coefficient (Wildman–Crippen LogP) is 1.35. The highest BCUT2D eigenvalue weighted by Gasteiger charge is 2.36. The number of hydrogen-bond acceptors (Lipinski definition) is 6. The number of amides is 1. The smallest absolute Gasteiger partial charge is 0.281 e. The molecule has 134 valence electrons. The van der Waals surface area contributed by atoms with Crippen LogP contribution < -0.4 is 26.9 Å². The third-order valence-corrected chi connectivity index (χ3v) is 6.22. The molecule has 0 atom stereocenters. The summed E-state index contributed by atoms with van der Waals surface area (Å²) >= 11 is 1.36. The number of hydrazine groups is 1. The molecule has 1 fully saturated rings. The molecule has 0 radical (unpaired) electrons. The lowest BCUT2D eigenvalue weighted by atomic mass is 9.90. The van der Waals surface area contributed by atoms with Gasteiger partial charge in [-0.2, -0.15) is 0 Å². The van der Waals surface area contributed by atoms with E-state index in [-0.39, 0.29) is 11.5 Å². The van der Waals surface area contributed by atoms with Crippen LogP contribution in [0.2, 0.25) is 0 Å². The molecule has 2 aliphatic heterocycles. The molecule has 8 heteroatoms. The summed E-state index contributed by atoms with van der Waals surface area (Å²) < 4.78 is 6.07. The van der Waals surface area contributed by atoms with Gasteiger partial charge in [-0.15, -0.1) is 0 Å². The molecule has 2 aromatic rings.